The minimum atomic E-state index is 0.486. The summed E-state index contributed by atoms with van der Waals surface area (Å²) in [4.78, 5) is 3.10. The smallest absolute Gasteiger partial charge is 0.109 e. The third-order valence-corrected chi connectivity index (χ3v) is 2.33. The Morgan fingerprint density at radius 1 is 1.40 bits per heavy atom. The highest BCUT2D eigenvalue weighted by Crippen LogP contribution is 2.25. The highest BCUT2D eigenvalue weighted by molar-refractivity contribution is 6.31. The predicted octanol–water partition coefficient (Wildman–Crippen LogP) is 3.52. The largest absolute Gasteiger partial charge is 0.385 e. The van der Waals surface area contributed by atoms with E-state index >= 15 is 0 Å². The fourth-order valence-electron chi connectivity index (χ4n) is 1.54. The molecule has 0 radical (unpaired) electrons. The van der Waals surface area contributed by atoms with Gasteiger partial charge in [0.2, 0.25) is 0 Å². The number of benzene rings is 1. The molecule has 0 amide bonds. The number of hydrogen-bond acceptors (Lipinski definition) is 1. The van der Waals surface area contributed by atoms with Crippen LogP contribution in [0.1, 0.15) is 5.56 Å². The normalized spacial score (nSPS) is 11.3. The Hall–Kier alpha value is -1.67. The van der Waals surface area contributed by atoms with Crippen LogP contribution in [0.15, 0.2) is 42.0 Å². The van der Waals surface area contributed by atoms with Crippen molar-refractivity contribution in [2.24, 2.45) is 0 Å². The second-order valence-corrected chi connectivity index (χ2v) is 3.76. The van der Waals surface area contributed by atoms with Crippen molar-refractivity contribution >= 4 is 34.4 Å². The molecule has 15 heavy (non-hydrogen) atoms. The number of anilines is 1. The maximum Gasteiger partial charge on any atom is 0.109 e. The van der Waals surface area contributed by atoms with Crippen LogP contribution in [-0.4, -0.2) is 4.98 Å². The van der Waals surface area contributed by atoms with E-state index in [9.17, 15) is 0 Å². The lowest BCUT2D eigenvalue weighted by molar-refractivity contribution is 1.47. The van der Waals surface area contributed by atoms with Crippen LogP contribution in [0.3, 0.4) is 0 Å². The summed E-state index contributed by atoms with van der Waals surface area (Å²) in [5.41, 5.74) is 7.83. The number of nitrogens with two attached hydrogens (primary N) is 1. The minimum absolute atomic E-state index is 0.486. The van der Waals surface area contributed by atoms with E-state index in [0.717, 1.165) is 16.5 Å². The Bertz CT molecular complexity index is 538. The van der Waals surface area contributed by atoms with Gasteiger partial charge in [-0.1, -0.05) is 36.4 Å². The van der Waals surface area contributed by atoms with Crippen LogP contribution in [0.5, 0.6) is 0 Å². The molecule has 0 atom stereocenters. The van der Waals surface area contributed by atoms with Crippen LogP contribution in [0.2, 0.25) is 0 Å². The Morgan fingerprint density at radius 2 is 2.13 bits per heavy atom. The zero-order chi connectivity index (χ0) is 10.8. The molecule has 2 nitrogen and oxygen atoms in total. The van der Waals surface area contributed by atoms with Gasteiger partial charge in [0.05, 0.1) is 0 Å². The molecule has 2 rings (SSSR count). The van der Waals surface area contributed by atoms with Crippen LogP contribution in [0.4, 0.5) is 5.82 Å². The molecule has 0 aliphatic rings. The van der Waals surface area contributed by atoms with Crippen LogP contribution in [0.25, 0.3) is 17.0 Å². The molecule has 0 fully saturated rings. The lowest BCUT2D eigenvalue weighted by Crippen LogP contribution is -1.85. The van der Waals surface area contributed by atoms with E-state index < -0.39 is 0 Å². The quantitative estimate of drug-likeness (QED) is 0.745. The lowest BCUT2D eigenvalue weighted by Gasteiger charge is -1.92. The first kappa shape index (κ1) is 9.87. The molecule has 0 aliphatic carbocycles. The van der Waals surface area contributed by atoms with Crippen LogP contribution in [0, 0.1) is 0 Å². The fourth-order valence-corrected chi connectivity index (χ4v) is 1.60. The summed E-state index contributed by atoms with van der Waals surface area (Å²) in [6.07, 6.45) is 3.59. The zero-order valence-electron chi connectivity index (χ0n) is 8.13. The second kappa shape index (κ2) is 3.83. The third-order valence-electron chi connectivity index (χ3n) is 2.21. The summed E-state index contributed by atoms with van der Waals surface area (Å²) < 4.78 is 0. The van der Waals surface area contributed by atoms with E-state index in [-0.39, 0.29) is 0 Å². The number of fused-ring (bicyclic) bond motifs is 1. The van der Waals surface area contributed by atoms with Gasteiger partial charge < -0.3 is 10.7 Å². The predicted molar refractivity (Wildman–Crippen MR) is 66.7 cm³/mol. The van der Waals surface area contributed by atoms with Gasteiger partial charge in [-0.2, -0.15) is 0 Å². The number of aromatic amines is 1. The Balaban J connectivity index is 2.59. The van der Waals surface area contributed by atoms with E-state index in [4.69, 9.17) is 17.3 Å². The monoisotopic (exact) mass is 218 g/mol. The van der Waals surface area contributed by atoms with Crippen molar-refractivity contribution in [2.75, 3.05) is 5.73 Å². The minimum Gasteiger partial charge on any atom is -0.385 e. The number of halogens is 1. The van der Waals surface area contributed by atoms with E-state index in [2.05, 4.69) is 11.6 Å². The van der Waals surface area contributed by atoms with E-state index in [0.29, 0.717) is 10.9 Å². The number of allylic oxidation sites excluding steroid dienone is 2. The van der Waals surface area contributed by atoms with Gasteiger partial charge in [-0.15, -0.1) is 0 Å². The first-order chi connectivity index (χ1) is 7.18. The average Bonchev–Trinajstić information content (AvgIpc) is 2.50. The molecule has 1 heterocycles. The molecular weight excluding hydrogens is 208 g/mol. The van der Waals surface area contributed by atoms with Crippen molar-refractivity contribution < 1.29 is 0 Å². The number of H-pyrrole nitrogens is 1. The summed E-state index contributed by atoms with van der Waals surface area (Å²) in [5, 5.41) is 1.57. The summed E-state index contributed by atoms with van der Waals surface area (Å²) in [7, 11) is 0. The average molecular weight is 219 g/mol. The number of nitrogen functional groups attached to an aromatic ring is 1. The third kappa shape index (κ3) is 1.90. The SMILES string of the molecule is C=C(Cl)/C=C\c1c(N)[nH]c2ccccc12. The second-order valence-electron chi connectivity index (χ2n) is 3.28. The number of rotatable bonds is 2. The van der Waals surface area contributed by atoms with Gasteiger partial charge in [-0.05, 0) is 18.2 Å². The Morgan fingerprint density at radius 3 is 2.87 bits per heavy atom. The van der Waals surface area contributed by atoms with E-state index in [1.165, 1.54) is 0 Å². The molecule has 76 valence electrons. The van der Waals surface area contributed by atoms with Gasteiger partial charge in [-0.3, -0.25) is 0 Å². The molecule has 3 heteroatoms. The molecule has 0 saturated carbocycles. The fraction of sp³-hybridized carbons (Fsp3) is 0. The van der Waals surface area contributed by atoms with Crippen molar-refractivity contribution in [1.29, 1.82) is 0 Å². The van der Waals surface area contributed by atoms with Crippen LogP contribution in [-0.2, 0) is 0 Å². The highest BCUT2D eigenvalue weighted by Gasteiger charge is 2.04. The topological polar surface area (TPSA) is 41.8 Å². The molecule has 0 saturated heterocycles. The Kier molecular flexibility index (Phi) is 2.52. The van der Waals surface area contributed by atoms with Crippen LogP contribution >= 0.6 is 11.6 Å². The van der Waals surface area contributed by atoms with Gasteiger partial charge >= 0.3 is 0 Å². The molecule has 0 aliphatic heterocycles. The van der Waals surface area contributed by atoms with Crippen molar-refractivity contribution in [1.82, 2.24) is 4.98 Å². The standard InChI is InChI=1S/C12H11ClN2/c1-8(13)6-7-10-9-4-2-3-5-11(9)15-12(10)14/h2-7,15H,1,14H2/b7-6-. The molecule has 3 N–H and O–H groups in total. The molecular formula is C12H11ClN2. The van der Waals surface area contributed by atoms with Crippen molar-refractivity contribution in [3.8, 4) is 0 Å². The molecule has 0 unspecified atom stereocenters. The van der Waals surface area contributed by atoms with Crippen molar-refractivity contribution in [3.63, 3.8) is 0 Å². The summed E-state index contributed by atoms with van der Waals surface area (Å²) in [6, 6.07) is 7.94. The van der Waals surface area contributed by atoms with Gasteiger partial charge in [0.25, 0.3) is 0 Å². The van der Waals surface area contributed by atoms with E-state index in [1.807, 2.05) is 30.3 Å². The molecule has 2 aromatic rings. The van der Waals surface area contributed by atoms with Crippen molar-refractivity contribution in [3.05, 3.63) is 47.5 Å². The van der Waals surface area contributed by atoms with Gasteiger partial charge in [0.1, 0.15) is 5.82 Å². The van der Waals surface area contributed by atoms with Crippen molar-refractivity contribution in [2.45, 2.75) is 0 Å². The highest BCUT2D eigenvalue weighted by atomic mass is 35.5. The number of aromatic nitrogens is 1. The summed E-state index contributed by atoms with van der Waals surface area (Å²) >= 11 is 5.67. The van der Waals surface area contributed by atoms with Gasteiger partial charge in [0.15, 0.2) is 0 Å². The molecule has 0 bridgehead atoms. The summed E-state index contributed by atoms with van der Waals surface area (Å²) in [6.45, 7) is 3.59. The zero-order valence-corrected chi connectivity index (χ0v) is 8.88. The van der Waals surface area contributed by atoms with E-state index in [1.54, 1.807) is 6.08 Å². The first-order valence-corrected chi connectivity index (χ1v) is 4.95. The number of para-hydroxylation sites is 1. The Labute approximate surface area is 93.0 Å². The van der Waals surface area contributed by atoms with Gasteiger partial charge in [0, 0.05) is 21.5 Å². The molecule has 1 aromatic carbocycles. The van der Waals surface area contributed by atoms with Gasteiger partial charge in [-0.25, -0.2) is 0 Å². The molecule has 0 spiro atoms. The molecule has 1 aromatic heterocycles. The maximum absolute atomic E-state index is 5.86. The summed E-state index contributed by atoms with van der Waals surface area (Å²) in [5.74, 6) is 0.644. The maximum atomic E-state index is 5.86. The number of nitrogens with one attached hydrogen (secondary N) is 1. The number of hydrogen-bond donors (Lipinski definition) is 2. The van der Waals surface area contributed by atoms with Crippen LogP contribution < -0.4 is 5.73 Å². The lowest BCUT2D eigenvalue weighted by atomic mass is 10.1. The first-order valence-electron chi connectivity index (χ1n) is 4.57.